The summed E-state index contributed by atoms with van der Waals surface area (Å²) in [6.07, 6.45) is 2.27. The average Bonchev–Trinajstić information content (AvgIpc) is 2.51. The van der Waals surface area contributed by atoms with E-state index in [0.29, 0.717) is 6.42 Å². The molecule has 0 heterocycles. The van der Waals surface area contributed by atoms with E-state index in [9.17, 15) is 4.79 Å². The van der Waals surface area contributed by atoms with E-state index >= 15 is 0 Å². The van der Waals surface area contributed by atoms with Crippen LogP contribution in [0.1, 0.15) is 29.5 Å². The summed E-state index contributed by atoms with van der Waals surface area (Å²) in [5, 5.41) is 2.97. The predicted octanol–water partition coefficient (Wildman–Crippen LogP) is 4.27. The smallest absolute Gasteiger partial charge is 0.224 e. The molecular weight excluding hydrogens is 274 g/mol. The molecule has 22 heavy (non-hydrogen) atoms. The van der Waals surface area contributed by atoms with E-state index in [0.717, 1.165) is 29.8 Å². The summed E-state index contributed by atoms with van der Waals surface area (Å²) in [4.78, 5) is 12.0. The van der Waals surface area contributed by atoms with Crippen LogP contribution in [0.2, 0.25) is 0 Å². The van der Waals surface area contributed by atoms with Gasteiger partial charge in [0.25, 0.3) is 0 Å². The molecule has 0 bridgehead atoms. The predicted molar refractivity (Wildman–Crippen MR) is 90.5 cm³/mol. The summed E-state index contributed by atoms with van der Waals surface area (Å²) in [5.74, 6) is 0.944. The number of anilines is 1. The van der Waals surface area contributed by atoms with Gasteiger partial charge in [-0.2, -0.15) is 0 Å². The first-order valence-electron chi connectivity index (χ1n) is 7.59. The van der Waals surface area contributed by atoms with Crippen molar-refractivity contribution in [1.29, 1.82) is 0 Å². The van der Waals surface area contributed by atoms with E-state index < -0.39 is 0 Å². The molecule has 0 fully saturated rings. The standard InChI is InChI=1S/C19H23NO2/c1-14-7-4-5-9-18(14)20-19(21)10-6-8-16-11-12-17(22-3)13-15(16)2/h4-5,7,9,11-13H,6,8,10H2,1-3H3,(H,20,21). The van der Waals surface area contributed by atoms with Gasteiger partial charge in [-0.15, -0.1) is 0 Å². The maximum absolute atomic E-state index is 12.0. The molecular formula is C19H23NO2. The van der Waals surface area contributed by atoms with E-state index in [-0.39, 0.29) is 5.91 Å². The second-order valence-electron chi connectivity index (χ2n) is 5.51. The minimum Gasteiger partial charge on any atom is -0.497 e. The normalized spacial score (nSPS) is 10.3. The SMILES string of the molecule is COc1ccc(CCCC(=O)Nc2ccccc2C)c(C)c1. The first-order valence-corrected chi connectivity index (χ1v) is 7.59. The molecule has 116 valence electrons. The highest BCUT2D eigenvalue weighted by Gasteiger charge is 2.06. The Hall–Kier alpha value is -2.29. The second-order valence-corrected chi connectivity index (χ2v) is 5.51. The first kappa shape index (κ1) is 16.1. The highest BCUT2D eigenvalue weighted by molar-refractivity contribution is 5.91. The minimum absolute atomic E-state index is 0.0699. The monoisotopic (exact) mass is 297 g/mol. The van der Waals surface area contributed by atoms with Crippen molar-refractivity contribution in [3.05, 3.63) is 59.2 Å². The molecule has 2 aromatic rings. The van der Waals surface area contributed by atoms with Crippen molar-refractivity contribution in [3.8, 4) is 5.75 Å². The Morgan fingerprint density at radius 3 is 2.55 bits per heavy atom. The van der Waals surface area contributed by atoms with E-state index in [2.05, 4.69) is 18.3 Å². The molecule has 0 radical (unpaired) electrons. The van der Waals surface area contributed by atoms with Crippen molar-refractivity contribution >= 4 is 11.6 Å². The molecule has 0 saturated heterocycles. The van der Waals surface area contributed by atoms with Gasteiger partial charge in [-0.25, -0.2) is 0 Å². The van der Waals surface area contributed by atoms with Crippen LogP contribution in [0.15, 0.2) is 42.5 Å². The number of hydrogen-bond acceptors (Lipinski definition) is 2. The summed E-state index contributed by atoms with van der Waals surface area (Å²) < 4.78 is 5.21. The van der Waals surface area contributed by atoms with Gasteiger partial charge in [0.05, 0.1) is 7.11 Å². The molecule has 0 aliphatic carbocycles. The number of amides is 1. The largest absolute Gasteiger partial charge is 0.497 e. The summed E-state index contributed by atoms with van der Waals surface area (Å²) in [5.41, 5.74) is 4.46. The zero-order valence-corrected chi connectivity index (χ0v) is 13.5. The van der Waals surface area contributed by atoms with Gasteiger partial charge >= 0.3 is 0 Å². The van der Waals surface area contributed by atoms with Gasteiger partial charge in [0.2, 0.25) is 5.91 Å². The summed E-state index contributed by atoms with van der Waals surface area (Å²) in [6, 6.07) is 13.9. The first-order chi connectivity index (χ1) is 10.6. The minimum atomic E-state index is 0.0699. The molecule has 1 amide bonds. The van der Waals surface area contributed by atoms with Crippen LogP contribution in [0.4, 0.5) is 5.69 Å². The van der Waals surface area contributed by atoms with E-state index in [1.807, 2.05) is 43.3 Å². The van der Waals surface area contributed by atoms with Gasteiger partial charge in [0, 0.05) is 12.1 Å². The molecule has 0 aliphatic rings. The van der Waals surface area contributed by atoms with E-state index in [1.54, 1.807) is 7.11 Å². The molecule has 0 saturated carbocycles. The van der Waals surface area contributed by atoms with Crippen LogP contribution in [0.25, 0.3) is 0 Å². The maximum Gasteiger partial charge on any atom is 0.224 e. The summed E-state index contributed by atoms with van der Waals surface area (Å²) >= 11 is 0. The Balaban J connectivity index is 1.83. The summed E-state index contributed by atoms with van der Waals surface area (Å²) in [7, 11) is 1.67. The molecule has 3 heteroatoms. The molecule has 0 atom stereocenters. The Morgan fingerprint density at radius 2 is 1.86 bits per heavy atom. The van der Waals surface area contributed by atoms with E-state index in [1.165, 1.54) is 11.1 Å². The van der Waals surface area contributed by atoms with Gasteiger partial charge in [-0.05, 0) is 61.6 Å². The van der Waals surface area contributed by atoms with Gasteiger partial charge in [0.15, 0.2) is 0 Å². The van der Waals surface area contributed by atoms with Crippen LogP contribution in [0.3, 0.4) is 0 Å². The second kappa shape index (κ2) is 7.64. The fourth-order valence-corrected chi connectivity index (χ4v) is 2.44. The number of benzene rings is 2. The lowest BCUT2D eigenvalue weighted by Crippen LogP contribution is -2.12. The molecule has 3 nitrogen and oxygen atoms in total. The third-order valence-corrected chi connectivity index (χ3v) is 3.82. The molecule has 0 unspecified atom stereocenters. The fourth-order valence-electron chi connectivity index (χ4n) is 2.44. The van der Waals surface area contributed by atoms with Gasteiger partial charge < -0.3 is 10.1 Å². The molecule has 1 N–H and O–H groups in total. The molecule has 0 aromatic heterocycles. The van der Waals surface area contributed by atoms with Gasteiger partial charge in [-0.1, -0.05) is 24.3 Å². The van der Waals surface area contributed by atoms with Crippen molar-refractivity contribution in [2.75, 3.05) is 12.4 Å². The van der Waals surface area contributed by atoms with Crippen LogP contribution in [-0.2, 0) is 11.2 Å². The highest BCUT2D eigenvalue weighted by Crippen LogP contribution is 2.19. The van der Waals surface area contributed by atoms with Crippen LogP contribution in [-0.4, -0.2) is 13.0 Å². The van der Waals surface area contributed by atoms with Crippen LogP contribution in [0, 0.1) is 13.8 Å². The van der Waals surface area contributed by atoms with Crippen molar-refractivity contribution < 1.29 is 9.53 Å². The van der Waals surface area contributed by atoms with Gasteiger partial charge in [0.1, 0.15) is 5.75 Å². The van der Waals surface area contributed by atoms with Crippen molar-refractivity contribution in [2.45, 2.75) is 33.1 Å². The third kappa shape index (κ3) is 4.35. The molecule has 0 aliphatic heterocycles. The molecule has 2 aromatic carbocycles. The maximum atomic E-state index is 12.0. The van der Waals surface area contributed by atoms with Crippen LogP contribution < -0.4 is 10.1 Å². The Kier molecular flexibility index (Phi) is 5.59. The van der Waals surface area contributed by atoms with Crippen molar-refractivity contribution in [3.63, 3.8) is 0 Å². The lowest BCUT2D eigenvalue weighted by molar-refractivity contribution is -0.116. The zero-order chi connectivity index (χ0) is 15.9. The highest BCUT2D eigenvalue weighted by atomic mass is 16.5. The Morgan fingerprint density at radius 1 is 1.09 bits per heavy atom. The number of nitrogens with one attached hydrogen (secondary N) is 1. The number of methoxy groups -OCH3 is 1. The summed E-state index contributed by atoms with van der Waals surface area (Å²) in [6.45, 7) is 4.07. The quantitative estimate of drug-likeness (QED) is 0.864. The topological polar surface area (TPSA) is 38.3 Å². The fraction of sp³-hybridized carbons (Fsp3) is 0.316. The van der Waals surface area contributed by atoms with Gasteiger partial charge in [-0.3, -0.25) is 4.79 Å². The third-order valence-electron chi connectivity index (χ3n) is 3.82. The zero-order valence-electron chi connectivity index (χ0n) is 13.5. The average molecular weight is 297 g/mol. The Bertz CT molecular complexity index is 650. The van der Waals surface area contributed by atoms with Crippen LogP contribution in [0.5, 0.6) is 5.75 Å². The van der Waals surface area contributed by atoms with Crippen LogP contribution >= 0.6 is 0 Å². The number of carbonyl (C=O) groups is 1. The molecule has 0 spiro atoms. The number of aryl methyl sites for hydroxylation is 3. The Labute approximate surface area is 132 Å². The van der Waals surface area contributed by atoms with E-state index in [4.69, 9.17) is 4.74 Å². The van der Waals surface area contributed by atoms with Crippen molar-refractivity contribution in [2.24, 2.45) is 0 Å². The number of carbonyl (C=O) groups excluding carboxylic acids is 1. The lowest BCUT2D eigenvalue weighted by Gasteiger charge is -2.09. The lowest BCUT2D eigenvalue weighted by atomic mass is 10.0. The molecule has 2 rings (SSSR count). The number of para-hydroxylation sites is 1. The van der Waals surface area contributed by atoms with Crippen molar-refractivity contribution in [1.82, 2.24) is 0 Å². The number of hydrogen-bond donors (Lipinski definition) is 1. The number of ether oxygens (including phenoxy) is 1. The number of rotatable bonds is 6.